The highest BCUT2D eigenvalue weighted by Gasteiger charge is 2.25. The van der Waals surface area contributed by atoms with Crippen molar-refractivity contribution in [2.45, 2.75) is 26.2 Å². The molecule has 3 amide bonds. The van der Waals surface area contributed by atoms with E-state index in [-0.39, 0.29) is 17.4 Å². The van der Waals surface area contributed by atoms with Crippen molar-refractivity contribution in [3.8, 4) is 11.4 Å². The summed E-state index contributed by atoms with van der Waals surface area (Å²) >= 11 is 0. The molecule has 1 aromatic heterocycles. The number of nitrogens with one attached hydrogen (secondary N) is 1. The topological polar surface area (TPSA) is 91.6 Å². The molecule has 0 unspecified atom stereocenters. The number of piperazine rings is 1. The highest BCUT2D eigenvalue weighted by molar-refractivity contribution is 5.94. The maximum Gasteiger partial charge on any atom is 0.321 e. The second kappa shape index (κ2) is 8.82. The zero-order valence-electron chi connectivity index (χ0n) is 18.5. The Morgan fingerprint density at radius 3 is 2.12 bits per heavy atom. The summed E-state index contributed by atoms with van der Waals surface area (Å²) in [5.41, 5.74) is 1.95. The summed E-state index contributed by atoms with van der Waals surface area (Å²) in [6, 6.07) is 16.4. The van der Waals surface area contributed by atoms with Gasteiger partial charge in [-0.1, -0.05) is 44.1 Å². The van der Waals surface area contributed by atoms with E-state index in [1.54, 1.807) is 9.80 Å². The first kappa shape index (κ1) is 21.5. The first-order valence-electron chi connectivity index (χ1n) is 10.7. The summed E-state index contributed by atoms with van der Waals surface area (Å²) in [6.07, 6.45) is 0. The van der Waals surface area contributed by atoms with E-state index in [0.29, 0.717) is 49.1 Å². The quantitative estimate of drug-likeness (QED) is 0.674. The van der Waals surface area contributed by atoms with Gasteiger partial charge in [0, 0.05) is 48.4 Å². The van der Waals surface area contributed by atoms with Gasteiger partial charge in [-0.2, -0.15) is 4.98 Å². The van der Waals surface area contributed by atoms with Crippen molar-refractivity contribution >= 4 is 17.6 Å². The Labute approximate surface area is 187 Å². The van der Waals surface area contributed by atoms with Gasteiger partial charge < -0.3 is 19.6 Å². The summed E-state index contributed by atoms with van der Waals surface area (Å²) in [5.74, 6) is 1.10. The Morgan fingerprint density at radius 2 is 1.53 bits per heavy atom. The zero-order chi connectivity index (χ0) is 22.7. The summed E-state index contributed by atoms with van der Waals surface area (Å²) in [5, 5.41) is 6.96. The lowest BCUT2D eigenvalue weighted by Gasteiger charge is -2.34. The monoisotopic (exact) mass is 433 g/mol. The third-order valence-corrected chi connectivity index (χ3v) is 5.34. The molecule has 1 aliphatic heterocycles. The van der Waals surface area contributed by atoms with Crippen molar-refractivity contribution in [2.75, 3.05) is 31.5 Å². The first-order valence-corrected chi connectivity index (χ1v) is 10.7. The Kier molecular flexibility index (Phi) is 5.94. The van der Waals surface area contributed by atoms with Gasteiger partial charge >= 0.3 is 6.03 Å². The number of rotatable bonds is 3. The van der Waals surface area contributed by atoms with Gasteiger partial charge in [0.2, 0.25) is 11.7 Å². The molecule has 2 heterocycles. The lowest BCUT2D eigenvalue weighted by Crippen LogP contribution is -2.51. The van der Waals surface area contributed by atoms with Gasteiger partial charge in [0.05, 0.1) is 0 Å². The van der Waals surface area contributed by atoms with Crippen LogP contribution in [0.3, 0.4) is 0 Å². The van der Waals surface area contributed by atoms with E-state index in [1.807, 2.05) is 75.4 Å². The number of anilines is 1. The van der Waals surface area contributed by atoms with Crippen molar-refractivity contribution in [1.29, 1.82) is 0 Å². The van der Waals surface area contributed by atoms with Crippen LogP contribution < -0.4 is 5.32 Å². The number of urea groups is 1. The molecule has 0 bridgehead atoms. The summed E-state index contributed by atoms with van der Waals surface area (Å²) in [6.45, 7) is 8.03. The molecule has 166 valence electrons. The molecule has 1 N–H and O–H groups in total. The Bertz CT molecular complexity index is 1080. The van der Waals surface area contributed by atoms with Crippen LogP contribution in [0.5, 0.6) is 0 Å². The number of aromatic nitrogens is 2. The number of amides is 3. The molecular formula is C24H27N5O3. The molecule has 0 aliphatic carbocycles. The standard InChI is InChI=1S/C24H27N5O3/c1-24(2,3)22-26-20(27-32-22)17-9-11-19(12-10-17)25-23(31)29-15-13-28(14-16-29)21(30)18-7-5-4-6-8-18/h4-12H,13-16H2,1-3H3,(H,25,31). The minimum absolute atomic E-state index is 0.00247. The Hall–Kier alpha value is -3.68. The predicted octanol–water partition coefficient (Wildman–Crippen LogP) is 4.02. The van der Waals surface area contributed by atoms with E-state index in [9.17, 15) is 9.59 Å². The number of hydrogen-bond donors (Lipinski definition) is 1. The molecule has 4 rings (SSSR count). The molecule has 8 heteroatoms. The summed E-state index contributed by atoms with van der Waals surface area (Å²) < 4.78 is 5.35. The molecule has 1 fully saturated rings. The fourth-order valence-electron chi connectivity index (χ4n) is 3.43. The van der Waals surface area contributed by atoms with E-state index in [2.05, 4.69) is 15.5 Å². The molecular weight excluding hydrogens is 406 g/mol. The highest BCUT2D eigenvalue weighted by atomic mass is 16.5. The second-order valence-corrected chi connectivity index (χ2v) is 8.83. The van der Waals surface area contributed by atoms with Crippen molar-refractivity contribution in [1.82, 2.24) is 19.9 Å². The molecule has 1 saturated heterocycles. The van der Waals surface area contributed by atoms with Crippen LogP contribution in [-0.4, -0.2) is 58.1 Å². The largest absolute Gasteiger partial charge is 0.338 e. The van der Waals surface area contributed by atoms with Crippen molar-refractivity contribution in [3.05, 3.63) is 66.1 Å². The summed E-state index contributed by atoms with van der Waals surface area (Å²) in [7, 11) is 0. The average molecular weight is 434 g/mol. The SMILES string of the molecule is CC(C)(C)c1nc(-c2ccc(NC(=O)N3CCN(C(=O)c4ccccc4)CC3)cc2)no1. The van der Waals surface area contributed by atoms with Crippen LogP contribution >= 0.6 is 0 Å². The fraction of sp³-hybridized carbons (Fsp3) is 0.333. The minimum atomic E-state index is -0.213. The fourth-order valence-corrected chi connectivity index (χ4v) is 3.43. The predicted molar refractivity (Wildman–Crippen MR) is 121 cm³/mol. The van der Waals surface area contributed by atoms with Crippen LogP contribution in [0.2, 0.25) is 0 Å². The van der Waals surface area contributed by atoms with Gasteiger partial charge in [-0.05, 0) is 36.4 Å². The third kappa shape index (κ3) is 4.80. The second-order valence-electron chi connectivity index (χ2n) is 8.83. The van der Waals surface area contributed by atoms with E-state index < -0.39 is 0 Å². The highest BCUT2D eigenvalue weighted by Crippen LogP contribution is 2.24. The maximum atomic E-state index is 12.7. The van der Waals surface area contributed by atoms with E-state index in [1.165, 1.54) is 0 Å². The summed E-state index contributed by atoms with van der Waals surface area (Å²) in [4.78, 5) is 33.2. The molecule has 0 radical (unpaired) electrons. The van der Waals surface area contributed by atoms with Crippen LogP contribution in [0.1, 0.15) is 37.0 Å². The van der Waals surface area contributed by atoms with Crippen LogP contribution in [0.4, 0.5) is 10.5 Å². The lowest BCUT2D eigenvalue weighted by atomic mass is 9.97. The number of carbonyl (C=O) groups is 2. The van der Waals surface area contributed by atoms with E-state index in [0.717, 1.165) is 5.56 Å². The Balaban J connectivity index is 1.32. The first-order chi connectivity index (χ1) is 15.3. The molecule has 32 heavy (non-hydrogen) atoms. The molecule has 3 aromatic rings. The van der Waals surface area contributed by atoms with Gasteiger partial charge in [-0.15, -0.1) is 0 Å². The number of benzene rings is 2. The molecule has 8 nitrogen and oxygen atoms in total. The number of carbonyl (C=O) groups excluding carboxylic acids is 2. The van der Waals surface area contributed by atoms with Gasteiger partial charge in [-0.25, -0.2) is 4.79 Å². The van der Waals surface area contributed by atoms with Crippen LogP contribution in [0, 0.1) is 0 Å². The van der Waals surface area contributed by atoms with E-state index in [4.69, 9.17) is 4.52 Å². The normalized spacial score (nSPS) is 14.3. The van der Waals surface area contributed by atoms with Crippen molar-refractivity contribution in [3.63, 3.8) is 0 Å². The lowest BCUT2D eigenvalue weighted by molar-refractivity contribution is 0.0671. The van der Waals surface area contributed by atoms with Gasteiger partial charge in [-0.3, -0.25) is 4.79 Å². The molecule has 0 spiro atoms. The molecule has 2 aromatic carbocycles. The van der Waals surface area contributed by atoms with Gasteiger partial charge in [0.25, 0.3) is 5.91 Å². The van der Waals surface area contributed by atoms with Crippen molar-refractivity contribution < 1.29 is 14.1 Å². The smallest absolute Gasteiger partial charge is 0.321 e. The Morgan fingerprint density at radius 1 is 0.906 bits per heavy atom. The minimum Gasteiger partial charge on any atom is -0.338 e. The zero-order valence-corrected chi connectivity index (χ0v) is 18.5. The van der Waals surface area contributed by atoms with Crippen LogP contribution in [0.15, 0.2) is 59.1 Å². The third-order valence-electron chi connectivity index (χ3n) is 5.34. The van der Waals surface area contributed by atoms with Gasteiger partial charge in [0.15, 0.2) is 0 Å². The molecule has 1 aliphatic rings. The van der Waals surface area contributed by atoms with Crippen LogP contribution in [0.25, 0.3) is 11.4 Å². The van der Waals surface area contributed by atoms with E-state index >= 15 is 0 Å². The average Bonchev–Trinajstić information content (AvgIpc) is 3.31. The maximum absolute atomic E-state index is 12.7. The van der Waals surface area contributed by atoms with Crippen molar-refractivity contribution in [2.24, 2.45) is 0 Å². The molecule has 0 atom stereocenters. The van der Waals surface area contributed by atoms with Crippen LogP contribution in [-0.2, 0) is 5.41 Å². The number of nitrogens with zero attached hydrogens (tertiary/aromatic N) is 4. The van der Waals surface area contributed by atoms with Gasteiger partial charge in [0.1, 0.15) is 0 Å². The molecule has 0 saturated carbocycles. The number of hydrogen-bond acceptors (Lipinski definition) is 5.